The Bertz CT molecular complexity index is 849. The van der Waals surface area contributed by atoms with Crippen LogP contribution in [0.1, 0.15) is 15.9 Å². The van der Waals surface area contributed by atoms with Crippen molar-refractivity contribution in [3.8, 4) is 5.75 Å². The molecule has 0 fully saturated rings. The van der Waals surface area contributed by atoms with E-state index in [0.717, 1.165) is 18.8 Å². The molecule has 5 heteroatoms. The Morgan fingerprint density at radius 1 is 1.00 bits per heavy atom. The molecule has 3 aromatic rings. The lowest BCUT2D eigenvalue weighted by molar-refractivity contribution is 0.102. The Labute approximate surface area is 153 Å². The summed E-state index contributed by atoms with van der Waals surface area (Å²) in [5, 5.41) is 6.10. The molecule has 0 atom stereocenters. The molecule has 1 amide bonds. The van der Waals surface area contributed by atoms with Crippen LogP contribution in [0.15, 0.2) is 72.9 Å². The van der Waals surface area contributed by atoms with Crippen molar-refractivity contribution in [1.29, 1.82) is 0 Å². The van der Waals surface area contributed by atoms with Gasteiger partial charge in [-0.15, -0.1) is 0 Å². The normalized spacial score (nSPS) is 10.2. The number of nitrogens with zero attached hydrogens (tertiary/aromatic N) is 1. The molecule has 0 saturated carbocycles. The summed E-state index contributed by atoms with van der Waals surface area (Å²) in [5.74, 6) is 1.14. The van der Waals surface area contributed by atoms with Crippen molar-refractivity contribution in [2.75, 3.05) is 24.3 Å². The molecule has 0 unspecified atom stereocenters. The van der Waals surface area contributed by atoms with Crippen LogP contribution in [-0.2, 0) is 6.42 Å². The van der Waals surface area contributed by atoms with Crippen molar-refractivity contribution >= 4 is 17.4 Å². The van der Waals surface area contributed by atoms with Crippen LogP contribution < -0.4 is 15.4 Å². The Morgan fingerprint density at radius 3 is 2.50 bits per heavy atom. The van der Waals surface area contributed by atoms with Crippen molar-refractivity contribution in [3.05, 3.63) is 84.1 Å². The van der Waals surface area contributed by atoms with Gasteiger partial charge in [0.1, 0.15) is 11.6 Å². The van der Waals surface area contributed by atoms with E-state index in [0.29, 0.717) is 17.0 Å². The molecule has 0 aliphatic carbocycles. The van der Waals surface area contributed by atoms with Gasteiger partial charge in [0, 0.05) is 12.7 Å². The molecule has 0 aliphatic rings. The van der Waals surface area contributed by atoms with E-state index in [1.54, 1.807) is 31.5 Å². The van der Waals surface area contributed by atoms with Crippen LogP contribution in [0.4, 0.5) is 11.5 Å². The Balaban J connectivity index is 1.56. The number of hydrogen-bond acceptors (Lipinski definition) is 4. The second-order valence-electron chi connectivity index (χ2n) is 5.75. The van der Waals surface area contributed by atoms with Gasteiger partial charge in [-0.3, -0.25) is 4.79 Å². The molecule has 1 heterocycles. The van der Waals surface area contributed by atoms with Crippen molar-refractivity contribution in [2.45, 2.75) is 6.42 Å². The lowest BCUT2D eigenvalue weighted by Crippen LogP contribution is -2.13. The summed E-state index contributed by atoms with van der Waals surface area (Å²) < 4.78 is 5.24. The molecule has 132 valence electrons. The van der Waals surface area contributed by atoms with E-state index in [9.17, 15) is 4.79 Å². The van der Waals surface area contributed by atoms with Gasteiger partial charge in [0.05, 0.1) is 18.4 Å². The topological polar surface area (TPSA) is 63.2 Å². The van der Waals surface area contributed by atoms with Gasteiger partial charge in [0.15, 0.2) is 0 Å². The summed E-state index contributed by atoms with van der Waals surface area (Å²) in [6, 6.07) is 21.1. The van der Waals surface area contributed by atoms with E-state index in [1.165, 1.54) is 5.56 Å². The van der Waals surface area contributed by atoms with Gasteiger partial charge in [0.2, 0.25) is 0 Å². The Kier molecular flexibility index (Phi) is 5.83. The molecule has 3 rings (SSSR count). The summed E-state index contributed by atoms with van der Waals surface area (Å²) >= 11 is 0. The fourth-order valence-electron chi connectivity index (χ4n) is 2.55. The minimum Gasteiger partial charge on any atom is -0.495 e. The first kappa shape index (κ1) is 17.5. The van der Waals surface area contributed by atoms with E-state index in [4.69, 9.17) is 4.74 Å². The maximum absolute atomic E-state index is 12.4. The van der Waals surface area contributed by atoms with Crippen LogP contribution in [0.2, 0.25) is 0 Å². The van der Waals surface area contributed by atoms with Crippen molar-refractivity contribution in [2.24, 2.45) is 0 Å². The Morgan fingerprint density at radius 2 is 1.77 bits per heavy atom. The third-order valence-electron chi connectivity index (χ3n) is 3.94. The highest BCUT2D eigenvalue weighted by Gasteiger charge is 2.09. The van der Waals surface area contributed by atoms with Gasteiger partial charge in [-0.1, -0.05) is 42.5 Å². The van der Waals surface area contributed by atoms with E-state index in [1.807, 2.05) is 36.4 Å². The zero-order valence-electron chi connectivity index (χ0n) is 14.6. The molecule has 1 aromatic heterocycles. The molecule has 2 aromatic carbocycles. The predicted molar refractivity (Wildman–Crippen MR) is 104 cm³/mol. The van der Waals surface area contributed by atoms with Gasteiger partial charge in [-0.05, 0) is 36.2 Å². The highest BCUT2D eigenvalue weighted by atomic mass is 16.5. The molecule has 0 aliphatic heterocycles. The second kappa shape index (κ2) is 8.67. The summed E-state index contributed by atoms with van der Waals surface area (Å²) in [7, 11) is 1.57. The molecular formula is C21H21N3O2. The van der Waals surface area contributed by atoms with Crippen molar-refractivity contribution in [1.82, 2.24) is 4.98 Å². The molecule has 0 bridgehead atoms. The minimum atomic E-state index is -0.224. The lowest BCUT2D eigenvalue weighted by atomic mass is 10.1. The first-order chi connectivity index (χ1) is 12.8. The minimum absolute atomic E-state index is 0.224. The van der Waals surface area contributed by atoms with Crippen molar-refractivity contribution < 1.29 is 9.53 Å². The number of rotatable bonds is 7. The molecule has 0 spiro atoms. The number of pyridine rings is 1. The number of benzene rings is 2. The number of hydrogen-bond donors (Lipinski definition) is 2. The van der Waals surface area contributed by atoms with Gasteiger partial charge < -0.3 is 15.4 Å². The lowest BCUT2D eigenvalue weighted by Gasteiger charge is -2.10. The molecule has 5 nitrogen and oxygen atoms in total. The number of ether oxygens (including phenoxy) is 1. The predicted octanol–water partition coefficient (Wildman–Crippen LogP) is 4.00. The molecule has 2 N–H and O–H groups in total. The van der Waals surface area contributed by atoms with E-state index < -0.39 is 0 Å². The summed E-state index contributed by atoms with van der Waals surface area (Å²) in [5.41, 5.74) is 2.39. The largest absolute Gasteiger partial charge is 0.495 e. The van der Waals surface area contributed by atoms with Crippen LogP contribution in [0, 0.1) is 0 Å². The van der Waals surface area contributed by atoms with E-state index in [2.05, 4.69) is 27.8 Å². The zero-order valence-corrected chi connectivity index (χ0v) is 14.6. The highest BCUT2D eigenvalue weighted by molar-refractivity contribution is 6.04. The molecule has 0 radical (unpaired) electrons. The van der Waals surface area contributed by atoms with Crippen LogP contribution in [0.3, 0.4) is 0 Å². The summed E-state index contributed by atoms with van der Waals surface area (Å²) in [6.45, 7) is 0.782. The quantitative estimate of drug-likeness (QED) is 0.678. The Hall–Kier alpha value is -3.34. The number of aromatic nitrogens is 1. The number of carbonyl (C=O) groups is 1. The third-order valence-corrected chi connectivity index (χ3v) is 3.94. The van der Waals surface area contributed by atoms with Crippen LogP contribution >= 0.6 is 0 Å². The number of para-hydroxylation sites is 2. The fraction of sp³-hybridized carbons (Fsp3) is 0.143. The monoisotopic (exact) mass is 347 g/mol. The third kappa shape index (κ3) is 4.60. The van der Waals surface area contributed by atoms with Gasteiger partial charge in [0.25, 0.3) is 5.91 Å². The average molecular weight is 347 g/mol. The smallest absolute Gasteiger partial charge is 0.257 e. The molecular weight excluding hydrogens is 326 g/mol. The van der Waals surface area contributed by atoms with Gasteiger partial charge in [-0.2, -0.15) is 0 Å². The first-order valence-electron chi connectivity index (χ1n) is 8.44. The number of anilines is 2. The SMILES string of the molecule is COc1ccccc1NC(=O)c1ccc(NCCc2ccccc2)nc1. The second-order valence-corrected chi connectivity index (χ2v) is 5.75. The van der Waals surface area contributed by atoms with E-state index >= 15 is 0 Å². The standard InChI is InChI=1S/C21H21N3O2/c1-26-19-10-6-5-9-18(19)24-21(25)17-11-12-20(23-15-17)22-14-13-16-7-3-2-4-8-16/h2-12,15H,13-14H2,1H3,(H,22,23)(H,24,25). The first-order valence-corrected chi connectivity index (χ1v) is 8.44. The molecule has 0 saturated heterocycles. The average Bonchev–Trinajstić information content (AvgIpc) is 2.70. The highest BCUT2D eigenvalue weighted by Crippen LogP contribution is 2.23. The maximum Gasteiger partial charge on any atom is 0.257 e. The zero-order chi connectivity index (χ0) is 18.2. The fourth-order valence-corrected chi connectivity index (χ4v) is 2.55. The number of nitrogens with one attached hydrogen (secondary N) is 2. The van der Waals surface area contributed by atoms with Gasteiger partial charge >= 0.3 is 0 Å². The number of methoxy groups -OCH3 is 1. The number of carbonyl (C=O) groups excluding carboxylic acids is 1. The summed E-state index contributed by atoms with van der Waals surface area (Å²) in [6.07, 6.45) is 2.48. The molecule has 26 heavy (non-hydrogen) atoms. The van der Waals surface area contributed by atoms with Crippen LogP contribution in [-0.4, -0.2) is 24.5 Å². The van der Waals surface area contributed by atoms with Gasteiger partial charge in [-0.25, -0.2) is 4.98 Å². The van der Waals surface area contributed by atoms with Crippen LogP contribution in [0.25, 0.3) is 0 Å². The van der Waals surface area contributed by atoms with Crippen LogP contribution in [0.5, 0.6) is 5.75 Å². The van der Waals surface area contributed by atoms with E-state index in [-0.39, 0.29) is 5.91 Å². The number of amides is 1. The summed E-state index contributed by atoms with van der Waals surface area (Å²) in [4.78, 5) is 16.7. The van der Waals surface area contributed by atoms with Crippen molar-refractivity contribution in [3.63, 3.8) is 0 Å². The maximum atomic E-state index is 12.4.